The van der Waals surface area contributed by atoms with E-state index in [4.69, 9.17) is 11.6 Å². The van der Waals surface area contributed by atoms with Crippen molar-refractivity contribution in [2.24, 2.45) is 0 Å². The Morgan fingerprint density at radius 2 is 2.05 bits per heavy atom. The summed E-state index contributed by atoms with van der Waals surface area (Å²) < 4.78 is 0. The Bertz CT molecular complexity index is 442. The van der Waals surface area contributed by atoms with E-state index in [1.165, 1.54) is 19.3 Å². The fourth-order valence-electron chi connectivity index (χ4n) is 2.40. The summed E-state index contributed by atoms with van der Waals surface area (Å²) in [5, 5.41) is 3.50. The number of nitrogens with one attached hydrogen (secondary N) is 1. The second kappa shape index (κ2) is 6.80. The van der Waals surface area contributed by atoms with E-state index in [-0.39, 0.29) is 5.91 Å². The van der Waals surface area contributed by atoms with Gasteiger partial charge in [0.1, 0.15) is 0 Å². The predicted molar refractivity (Wildman–Crippen MR) is 81.1 cm³/mol. The maximum Gasteiger partial charge on any atom is 0.224 e. The van der Waals surface area contributed by atoms with E-state index in [1.54, 1.807) is 0 Å². The SMILES string of the molecule is CCCC(=O)Nc1cc(N2CCCCC2)ccc1Cl. The molecule has 0 radical (unpaired) electrons. The van der Waals surface area contributed by atoms with Crippen molar-refractivity contribution >= 4 is 28.9 Å². The van der Waals surface area contributed by atoms with Gasteiger partial charge in [0.15, 0.2) is 0 Å². The molecular weight excluding hydrogens is 260 g/mol. The van der Waals surface area contributed by atoms with Crippen LogP contribution in [0.15, 0.2) is 18.2 Å². The highest BCUT2D eigenvalue weighted by molar-refractivity contribution is 6.33. The Hall–Kier alpha value is -1.22. The number of anilines is 2. The van der Waals surface area contributed by atoms with Crippen molar-refractivity contribution in [3.8, 4) is 0 Å². The van der Waals surface area contributed by atoms with Crippen LogP contribution in [-0.2, 0) is 4.79 Å². The number of hydrogen-bond donors (Lipinski definition) is 1. The molecule has 1 aromatic carbocycles. The van der Waals surface area contributed by atoms with Gasteiger partial charge in [0.25, 0.3) is 0 Å². The third-order valence-corrected chi connectivity index (χ3v) is 3.75. The number of piperidine rings is 1. The molecule has 4 heteroatoms. The summed E-state index contributed by atoms with van der Waals surface area (Å²) in [5.41, 5.74) is 1.87. The molecule has 0 unspecified atom stereocenters. The number of carbonyl (C=O) groups is 1. The van der Waals surface area contributed by atoms with Crippen LogP contribution in [-0.4, -0.2) is 19.0 Å². The van der Waals surface area contributed by atoms with Gasteiger partial charge in [-0.3, -0.25) is 4.79 Å². The minimum atomic E-state index is 0.0280. The van der Waals surface area contributed by atoms with Crippen LogP contribution in [0.3, 0.4) is 0 Å². The first-order valence-electron chi connectivity index (χ1n) is 7.05. The van der Waals surface area contributed by atoms with E-state index in [9.17, 15) is 4.79 Å². The first-order valence-corrected chi connectivity index (χ1v) is 7.43. The minimum absolute atomic E-state index is 0.0280. The summed E-state index contributed by atoms with van der Waals surface area (Å²) in [7, 11) is 0. The van der Waals surface area contributed by atoms with Crippen molar-refractivity contribution in [1.82, 2.24) is 0 Å². The molecule has 0 aliphatic carbocycles. The van der Waals surface area contributed by atoms with Crippen LogP contribution >= 0.6 is 11.6 Å². The van der Waals surface area contributed by atoms with E-state index >= 15 is 0 Å². The van der Waals surface area contributed by atoms with Crippen LogP contribution in [0.5, 0.6) is 0 Å². The van der Waals surface area contributed by atoms with Gasteiger partial charge in [-0.15, -0.1) is 0 Å². The van der Waals surface area contributed by atoms with Gasteiger partial charge in [-0.25, -0.2) is 0 Å². The summed E-state index contributed by atoms with van der Waals surface area (Å²) in [6.07, 6.45) is 5.16. The highest BCUT2D eigenvalue weighted by Crippen LogP contribution is 2.29. The van der Waals surface area contributed by atoms with E-state index in [1.807, 2.05) is 25.1 Å². The molecule has 0 aromatic heterocycles. The van der Waals surface area contributed by atoms with Gasteiger partial charge in [-0.05, 0) is 43.9 Å². The van der Waals surface area contributed by atoms with Crippen LogP contribution in [0.25, 0.3) is 0 Å². The fourth-order valence-corrected chi connectivity index (χ4v) is 2.56. The average molecular weight is 281 g/mol. The van der Waals surface area contributed by atoms with E-state index in [2.05, 4.69) is 10.2 Å². The zero-order chi connectivity index (χ0) is 13.7. The molecule has 0 atom stereocenters. The smallest absolute Gasteiger partial charge is 0.224 e. The van der Waals surface area contributed by atoms with E-state index in [0.29, 0.717) is 11.4 Å². The highest BCUT2D eigenvalue weighted by atomic mass is 35.5. The van der Waals surface area contributed by atoms with Crippen molar-refractivity contribution in [2.45, 2.75) is 39.0 Å². The van der Waals surface area contributed by atoms with Crippen LogP contribution in [0, 0.1) is 0 Å². The van der Waals surface area contributed by atoms with Crippen LogP contribution in [0.1, 0.15) is 39.0 Å². The molecule has 1 aromatic rings. The third-order valence-electron chi connectivity index (χ3n) is 3.42. The summed E-state index contributed by atoms with van der Waals surface area (Å²) in [5.74, 6) is 0.0280. The van der Waals surface area contributed by atoms with Crippen LogP contribution in [0.4, 0.5) is 11.4 Å². The Kier molecular flexibility index (Phi) is 5.08. The summed E-state index contributed by atoms with van der Waals surface area (Å²) >= 11 is 6.15. The average Bonchev–Trinajstić information content (AvgIpc) is 2.42. The summed E-state index contributed by atoms with van der Waals surface area (Å²) in [6.45, 7) is 4.17. The summed E-state index contributed by atoms with van der Waals surface area (Å²) in [6, 6.07) is 5.89. The monoisotopic (exact) mass is 280 g/mol. The van der Waals surface area contributed by atoms with Gasteiger partial charge in [-0.1, -0.05) is 18.5 Å². The molecule has 19 heavy (non-hydrogen) atoms. The lowest BCUT2D eigenvalue weighted by Gasteiger charge is -2.29. The van der Waals surface area contributed by atoms with Gasteiger partial charge >= 0.3 is 0 Å². The maximum atomic E-state index is 11.7. The fraction of sp³-hybridized carbons (Fsp3) is 0.533. The lowest BCUT2D eigenvalue weighted by atomic mass is 10.1. The van der Waals surface area contributed by atoms with Crippen molar-refractivity contribution < 1.29 is 4.79 Å². The van der Waals surface area contributed by atoms with Crippen LogP contribution in [0.2, 0.25) is 5.02 Å². The van der Waals surface area contributed by atoms with Crippen molar-refractivity contribution in [2.75, 3.05) is 23.3 Å². The largest absolute Gasteiger partial charge is 0.371 e. The van der Waals surface area contributed by atoms with Gasteiger partial charge in [-0.2, -0.15) is 0 Å². The van der Waals surface area contributed by atoms with Crippen LogP contribution < -0.4 is 10.2 Å². The topological polar surface area (TPSA) is 32.3 Å². The van der Waals surface area contributed by atoms with Gasteiger partial charge in [0.2, 0.25) is 5.91 Å². The number of carbonyl (C=O) groups excluding carboxylic acids is 1. The quantitative estimate of drug-likeness (QED) is 0.902. The Morgan fingerprint density at radius 3 is 2.74 bits per heavy atom. The Labute approximate surface area is 119 Å². The van der Waals surface area contributed by atoms with E-state index in [0.717, 1.165) is 30.9 Å². The van der Waals surface area contributed by atoms with Gasteiger partial charge < -0.3 is 10.2 Å². The van der Waals surface area contributed by atoms with Crippen molar-refractivity contribution in [3.05, 3.63) is 23.2 Å². The molecule has 0 bridgehead atoms. The standard InChI is InChI=1S/C15H21ClN2O/c1-2-6-15(19)17-14-11-12(7-8-13(14)16)18-9-4-3-5-10-18/h7-8,11H,2-6,9-10H2,1H3,(H,17,19). The number of amides is 1. The minimum Gasteiger partial charge on any atom is -0.371 e. The summed E-state index contributed by atoms with van der Waals surface area (Å²) in [4.78, 5) is 14.0. The molecule has 1 heterocycles. The lowest BCUT2D eigenvalue weighted by Crippen LogP contribution is -2.29. The molecule has 104 valence electrons. The molecule has 1 fully saturated rings. The molecule has 1 N–H and O–H groups in total. The number of rotatable bonds is 4. The normalized spacial score (nSPS) is 15.4. The molecular formula is C15H21ClN2O. The Morgan fingerprint density at radius 1 is 1.32 bits per heavy atom. The second-order valence-electron chi connectivity index (χ2n) is 5.01. The zero-order valence-corrected chi connectivity index (χ0v) is 12.2. The molecule has 1 aliphatic rings. The first-order chi connectivity index (χ1) is 9.20. The van der Waals surface area contributed by atoms with E-state index < -0.39 is 0 Å². The van der Waals surface area contributed by atoms with Gasteiger partial charge in [0, 0.05) is 25.2 Å². The molecule has 1 saturated heterocycles. The second-order valence-corrected chi connectivity index (χ2v) is 5.42. The molecule has 3 nitrogen and oxygen atoms in total. The van der Waals surface area contributed by atoms with Crippen molar-refractivity contribution in [1.29, 1.82) is 0 Å². The number of hydrogen-bond acceptors (Lipinski definition) is 2. The molecule has 1 amide bonds. The lowest BCUT2D eigenvalue weighted by molar-refractivity contribution is -0.116. The third kappa shape index (κ3) is 3.87. The molecule has 1 aliphatic heterocycles. The zero-order valence-electron chi connectivity index (χ0n) is 11.4. The van der Waals surface area contributed by atoms with Crippen molar-refractivity contribution in [3.63, 3.8) is 0 Å². The molecule has 0 spiro atoms. The highest BCUT2D eigenvalue weighted by Gasteiger charge is 2.13. The number of benzene rings is 1. The van der Waals surface area contributed by atoms with Gasteiger partial charge in [0.05, 0.1) is 10.7 Å². The molecule has 0 saturated carbocycles. The predicted octanol–water partition coefficient (Wildman–Crippen LogP) is 4.07. The first kappa shape index (κ1) is 14.2. The molecule has 2 rings (SSSR count). The number of halogens is 1. The Balaban J connectivity index is 2.11. The number of nitrogens with zero attached hydrogens (tertiary/aromatic N) is 1. The maximum absolute atomic E-state index is 11.7.